The Balaban J connectivity index is 2.10. The number of aliphatic hydroxyl groups is 1. The van der Waals surface area contributed by atoms with Crippen molar-refractivity contribution < 1.29 is 5.11 Å². The van der Waals surface area contributed by atoms with E-state index < -0.39 is 0 Å². The zero-order valence-electron chi connectivity index (χ0n) is 14.5. The van der Waals surface area contributed by atoms with Gasteiger partial charge in [0.1, 0.15) is 0 Å². The van der Waals surface area contributed by atoms with Gasteiger partial charge in [0, 0.05) is 23.5 Å². The maximum absolute atomic E-state index is 12.7. The number of fused-ring (bicyclic) bond motifs is 1. The van der Waals surface area contributed by atoms with Gasteiger partial charge < -0.3 is 5.11 Å². The van der Waals surface area contributed by atoms with Gasteiger partial charge in [-0.3, -0.25) is 19.2 Å². The minimum atomic E-state index is -0.0182. The molecule has 0 spiro atoms. The first-order valence-corrected chi connectivity index (χ1v) is 8.33. The second kappa shape index (κ2) is 6.75. The normalized spacial score (nSPS) is 14.8. The topological polar surface area (TPSA) is 61.6 Å². The number of hydrogen-bond donors (Lipinski definition) is 1. The maximum Gasteiger partial charge on any atom is 0.259 e. The first-order valence-electron chi connectivity index (χ1n) is 8.33. The molecule has 24 heavy (non-hydrogen) atoms. The Morgan fingerprint density at radius 2 is 1.88 bits per heavy atom. The molecule has 0 radical (unpaired) electrons. The van der Waals surface area contributed by atoms with Gasteiger partial charge >= 0.3 is 0 Å². The molecule has 1 N–H and O–H groups in total. The van der Waals surface area contributed by atoms with Crippen LogP contribution in [-0.2, 0) is 13.1 Å². The number of nitrogens with zero attached hydrogens (tertiary/aromatic N) is 4. The van der Waals surface area contributed by atoms with Crippen LogP contribution in [0.2, 0.25) is 0 Å². The Morgan fingerprint density at radius 3 is 2.50 bits per heavy atom. The summed E-state index contributed by atoms with van der Waals surface area (Å²) >= 11 is 0. The highest BCUT2D eigenvalue weighted by molar-refractivity contribution is 5.58. The third-order valence-corrected chi connectivity index (χ3v) is 4.61. The van der Waals surface area contributed by atoms with Crippen LogP contribution >= 0.6 is 0 Å². The summed E-state index contributed by atoms with van der Waals surface area (Å²) in [7, 11) is 0. The zero-order chi connectivity index (χ0) is 17.3. The number of β-amino-alcohol motifs (C(OH)–C–C–N with tert-alkyl or cyclic N) is 1. The van der Waals surface area contributed by atoms with Crippen LogP contribution in [0.5, 0.6) is 0 Å². The molecule has 1 aromatic carbocycles. The fraction of sp³-hybridized carbons (Fsp3) is 0.444. The lowest BCUT2D eigenvalue weighted by Crippen LogP contribution is -2.48. The molecule has 0 fully saturated rings. The highest BCUT2D eigenvalue weighted by Crippen LogP contribution is 2.27. The van der Waals surface area contributed by atoms with E-state index in [2.05, 4.69) is 36.2 Å². The van der Waals surface area contributed by atoms with Gasteiger partial charge in [-0.05, 0) is 38.0 Å². The lowest BCUT2D eigenvalue weighted by Gasteiger charge is -2.38. The summed E-state index contributed by atoms with van der Waals surface area (Å²) < 4.78 is 1.69. The van der Waals surface area contributed by atoms with Gasteiger partial charge in [0.15, 0.2) is 0 Å². The smallest absolute Gasteiger partial charge is 0.259 e. The second-order valence-corrected chi connectivity index (χ2v) is 6.20. The minimum Gasteiger partial charge on any atom is -0.395 e. The zero-order valence-corrected chi connectivity index (χ0v) is 14.5. The van der Waals surface area contributed by atoms with E-state index in [4.69, 9.17) is 0 Å². The van der Waals surface area contributed by atoms with Crippen molar-refractivity contribution in [1.29, 1.82) is 0 Å². The van der Waals surface area contributed by atoms with E-state index in [-0.39, 0.29) is 12.2 Å². The third kappa shape index (κ3) is 2.95. The van der Waals surface area contributed by atoms with E-state index in [0.29, 0.717) is 31.4 Å². The number of anilines is 2. The SMILES string of the molecule is CCc1ccc(N2CN(CCO)Cn3c2nc(C)c(C)c3=O)cc1. The fourth-order valence-electron chi connectivity index (χ4n) is 2.98. The van der Waals surface area contributed by atoms with Crippen molar-refractivity contribution in [2.75, 3.05) is 24.7 Å². The fourth-order valence-corrected chi connectivity index (χ4v) is 2.98. The molecule has 0 saturated heterocycles. The summed E-state index contributed by atoms with van der Waals surface area (Å²) in [5.41, 5.74) is 3.69. The summed E-state index contributed by atoms with van der Waals surface area (Å²) in [4.78, 5) is 21.4. The van der Waals surface area contributed by atoms with Crippen molar-refractivity contribution in [3.8, 4) is 0 Å². The third-order valence-electron chi connectivity index (χ3n) is 4.61. The van der Waals surface area contributed by atoms with E-state index >= 15 is 0 Å². The average molecular weight is 328 g/mol. The van der Waals surface area contributed by atoms with Crippen LogP contribution in [0.25, 0.3) is 0 Å². The second-order valence-electron chi connectivity index (χ2n) is 6.20. The Labute approximate surface area is 142 Å². The quantitative estimate of drug-likeness (QED) is 0.927. The molecular weight excluding hydrogens is 304 g/mol. The molecule has 0 atom stereocenters. The van der Waals surface area contributed by atoms with Gasteiger partial charge in [0.05, 0.1) is 19.9 Å². The molecule has 0 saturated carbocycles. The highest BCUT2D eigenvalue weighted by atomic mass is 16.3. The van der Waals surface area contributed by atoms with Crippen molar-refractivity contribution in [2.45, 2.75) is 33.9 Å². The van der Waals surface area contributed by atoms with Gasteiger partial charge in [0.2, 0.25) is 5.95 Å². The van der Waals surface area contributed by atoms with Crippen LogP contribution in [0.15, 0.2) is 29.1 Å². The van der Waals surface area contributed by atoms with E-state index in [9.17, 15) is 9.90 Å². The number of aryl methyl sites for hydroxylation is 2. The van der Waals surface area contributed by atoms with Gasteiger partial charge in [-0.2, -0.15) is 0 Å². The summed E-state index contributed by atoms with van der Waals surface area (Å²) in [5, 5.41) is 9.30. The molecule has 6 heteroatoms. The van der Waals surface area contributed by atoms with Crippen molar-refractivity contribution in [3.63, 3.8) is 0 Å². The molecule has 2 heterocycles. The summed E-state index contributed by atoms with van der Waals surface area (Å²) in [6.45, 7) is 7.43. The highest BCUT2D eigenvalue weighted by Gasteiger charge is 2.26. The number of hydrogen-bond acceptors (Lipinski definition) is 5. The van der Waals surface area contributed by atoms with Gasteiger partial charge in [0.25, 0.3) is 5.56 Å². The standard InChI is InChI=1S/C18H24N4O2/c1-4-15-5-7-16(8-6-15)21-11-20(9-10-23)12-22-17(24)13(2)14(3)19-18(21)22/h5-8,23H,4,9-12H2,1-3H3. The van der Waals surface area contributed by atoms with Crippen molar-refractivity contribution >= 4 is 11.6 Å². The summed E-state index contributed by atoms with van der Waals surface area (Å²) in [5.74, 6) is 0.668. The first-order chi connectivity index (χ1) is 11.5. The van der Waals surface area contributed by atoms with E-state index in [0.717, 1.165) is 17.8 Å². The van der Waals surface area contributed by atoms with Gasteiger partial charge in [-0.25, -0.2) is 4.98 Å². The van der Waals surface area contributed by atoms with Crippen molar-refractivity contribution in [1.82, 2.24) is 14.5 Å². The predicted octanol–water partition coefficient (Wildman–Crippen LogP) is 1.78. The van der Waals surface area contributed by atoms with Gasteiger partial charge in [-0.1, -0.05) is 19.1 Å². The molecule has 0 bridgehead atoms. The molecule has 1 aromatic heterocycles. The molecule has 128 valence electrons. The Morgan fingerprint density at radius 1 is 1.17 bits per heavy atom. The number of aliphatic hydroxyl groups excluding tert-OH is 1. The molecule has 1 aliphatic rings. The molecule has 0 unspecified atom stereocenters. The van der Waals surface area contributed by atoms with Crippen molar-refractivity contribution in [2.24, 2.45) is 0 Å². The minimum absolute atomic E-state index is 0.0182. The monoisotopic (exact) mass is 328 g/mol. The first kappa shape index (κ1) is 16.7. The summed E-state index contributed by atoms with van der Waals surface area (Å²) in [6, 6.07) is 8.33. The van der Waals surface area contributed by atoms with Crippen LogP contribution in [0.1, 0.15) is 23.7 Å². The molecule has 0 aliphatic carbocycles. The van der Waals surface area contributed by atoms with Crippen LogP contribution in [-0.4, -0.2) is 39.4 Å². The lowest BCUT2D eigenvalue weighted by atomic mass is 10.1. The largest absolute Gasteiger partial charge is 0.395 e. The Hall–Kier alpha value is -2.18. The van der Waals surface area contributed by atoms with Crippen LogP contribution in [0.3, 0.4) is 0 Å². The van der Waals surface area contributed by atoms with E-state index in [1.807, 2.05) is 23.6 Å². The Kier molecular flexibility index (Phi) is 4.69. The van der Waals surface area contributed by atoms with E-state index in [1.54, 1.807) is 4.57 Å². The van der Waals surface area contributed by atoms with Gasteiger partial charge in [-0.15, -0.1) is 0 Å². The number of benzene rings is 1. The molecule has 3 rings (SSSR count). The van der Waals surface area contributed by atoms with Crippen LogP contribution in [0, 0.1) is 13.8 Å². The number of rotatable bonds is 4. The molecule has 1 aliphatic heterocycles. The van der Waals surface area contributed by atoms with Crippen LogP contribution < -0.4 is 10.5 Å². The van der Waals surface area contributed by atoms with Crippen molar-refractivity contribution in [3.05, 3.63) is 51.4 Å². The lowest BCUT2D eigenvalue weighted by molar-refractivity contribution is 0.152. The van der Waals surface area contributed by atoms with E-state index in [1.165, 1.54) is 5.56 Å². The predicted molar refractivity (Wildman–Crippen MR) is 94.6 cm³/mol. The molecular formula is C18H24N4O2. The number of aromatic nitrogens is 2. The Bertz CT molecular complexity index is 783. The summed E-state index contributed by atoms with van der Waals surface area (Å²) in [6.07, 6.45) is 0.990. The maximum atomic E-state index is 12.7. The average Bonchev–Trinajstić information content (AvgIpc) is 2.60. The molecule has 2 aromatic rings. The van der Waals surface area contributed by atoms with Crippen LogP contribution in [0.4, 0.5) is 11.6 Å². The molecule has 0 amide bonds. The molecule has 6 nitrogen and oxygen atoms in total.